The predicted molar refractivity (Wildman–Crippen MR) is 307 cm³/mol. The van der Waals surface area contributed by atoms with Crippen molar-refractivity contribution in [3.63, 3.8) is 0 Å². The van der Waals surface area contributed by atoms with E-state index in [0.717, 1.165) is 48.6 Å². The Morgan fingerprint density at radius 1 is 0.482 bits per heavy atom. The molecule has 5 aromatic carbocycles. The zero-order valence-corrected chi connectivity index (χ0v) is 49.2. The third-order valence-corrected chi connectivity index (χ3v) is 14.3. The quantitative estimate of drug-likeness (QED) is 0.00790. The van der Waals surface area contributed by atoms with Crippen molar-refractivity contribution >= 4 is 58.6 Å². The number of nitrogens with zero attached hydrogens (tertiary/aromatic N) is 3. The van der Waals surface area contributed by atoms with E-state index in [9.17, 15) is 19.9 Å². The number of benzene rings is 5. The molecule has 8 rings (SSSR count). The first-order valence-corrected chi connectivity index (χ1v) is 28.5. The molecule has 0 aliphatic carbocycles. The lowest BCUT2D eigenvalue weighted by atomic mass is 9.94. The maximum Gasteiger partial charge on any atom is 0.303 e. The summed E-state index contributed by atoms with van der Waals surface area (Å²) in [7, 11) is 0. The average Bonchev–Trinajstić information content (AvgIpc) is 2.60. The SMILES string of the molecule is CC(=O)O[C@H]1[C@@H](OC(C)=O)[C@@H](COCc2ccccc2)O[C@@H](O[C@H]2[C@H](O[C@@H]3O[C@@H](C)[C@@H](OCc4ccccc4)[C@@H](OCc4ccccc4)[C@@H]3OCc3ccccc3)[C@@H](N=[N+]=[N-])C(OC(=N)C(Cl)(Cl)Cl)O[C@@H]2COCc2ccccc2)[C@@H]1OC(C)=O. The Balaban J connectivity index is 1.25. The molecule has 24 heteroatoms. The normalized spacial score (nSPS) is 27.6. The number of azide groups is 1. The first-order chi connectivity index (χ1) is 41.0. The minimum absolute atomic E-state index is 0.00401. The van der Waals surface area contributed by atoms with Gasteiger partial charge in [-0.3, -0.25) is 19.8 Å². The molecule has 0 aromatic heterocycles. The van der Waals surface area contributed by atoms with Crippen molar-refractivity contribution in [2.45, 2.75) is 157 Å². The highest BCUT2D eigenvalue weighted by Crippen LogP contribution is 2.40. The standard InChI is InChI=1S/C61H67Cl3N4O17/c1-37-49(74-32-43-24-14-7-15-25-43)53(75-33-44-26-16-8-17-27-44)55(76-34-45-28-18-9-19-29-45)58(77-37)84-52-48(67-68-66)57(85-60(65)61(62,63)64)81-46(35-72-30-41-20-10-5-11-21-41)50(52)83-59-56(80-40(4)71)54(79-39(3)70)51(78-38(2)69)47(82-59)36-73-31-42-22-12-6-13-23-42/h5-29,37,46-59,65H,30-36H2,1-4H3/t37-,46+,47+,48+,49+,50+,51-,52+,53+,54-,55-,56+,57?,58-,59-/m0/s1. The van der Waals surface area contributed by atoms with Crippen LogP contribution in [0, 0.1) is 5.41 Å². The summed E-state index contributed by atoms with van der Waals surface area (Å²) in [5.74, 6) is -3.45. The number of nitrogens with one attached hydrogen (secondary N) is 1. The number of esters is 3. The monoisotopic (exact) mass is 1230 g/mol. The Hall–Kier alpha value is -6.24. The number of alkyl halides is 3. The van der Waals surface area contributed by atoms with E-state index < -0.39 is 120 Å². The van der Waals surface area contributed by atoms with Crippen LogP contribution in [-0.4, -0.2) is 133 Å². The fourth-order valence-corrected chi connectivity index (χ4v) is 10.1. The highest BCUT2D eigenvalue weighted by atomic mass is 35.6. The topological polar surface area (TPSA) is 253 Å². The summed E-state index contributed by atoms with van der Waals surface area (Å²) in [6.07, 6.45) is -19.6. The zero-order valence-electron chi connectivity index (χ0n) is 47.0. The Morgan fingerprint density at radius 3 is 1.31 bits per heavy atom. The molecule has 0 amide bonds. The Morgan fingerprint density at radius 2 is 0.859 bits per heavy atom. The van der Waals surface area contributed by atoms with Gasteiger partial charge in [0.05, 0.1) is 52.4 Å². The molecule has 5 aromatic rings. The van der Waals surface area contributed by atoms with Gasteiger partial charge in [0.1, 0.15) is 48.8 Å². The van der Waals surface area contributed by atoms with Gasteiger partial charge in [0.25, 0.3) is 3.79 Å². The molecule has 0 spiro atoms. The molecule has 3 aliphatic rings. The lowest BCUT2D eigenvalue weighted by Gasteiger charge is -2.51. The molecule has 15 atom stereocenters. The van der Waals surface area contributed by atoms with Crippen LogP contribution < -0.4 is 0 Å². The van der Waals surface area contributed by atoms with Crippen LogP contribution in [0.2, 0.25) is 0 Å². The number of carbonyl (C=O) groups is 3. The highest BCUT2D eigenvalue weighted by molar-refractivity contribution is 6.76. The predicted octanol–water partition coefficient (Wildman–Crippen LogP) is 9.98. The highest BCUT2D eigenvalue weighted by Gasteiger charge is 2.58. The molecule has 0 radical (unpaired) electrons. The fraction of sp³-hybridized carbons (Fsp3) is 0.443. The first kappa shape index (κ1) is 64.8. The number of hydrogen-bond acceptors (Lipinski definition) is 19. The van der Waals surface area contributed by atoms with Crippen LogP contribution in [0.5, 0.6) is 0 Å². The van der Waals surface area contributed by atoms with Gasteiger partial charge in [-0.15, -0.1) is 0 Å². The van der Waals surface area contributed by atoms with Gasteiger partial charge in [0.2, 0.25) is 12.2 Å². The molecule has 1 unspecified atom stereocenters. The van der Waals surface area contributed by atoms with E-state index in [1.807, 2.05) is 152 Å². The third-order valence-electron chi connectivity index (χ3n) is 13.7. The third kappa shape index (κ3) is 18.9. The molecule has 3 heterocycles. The van der Waals surface area contributed by atoms with E-state index >= 15 is 0 Å². The summed E-state index contributed by atoms with van der Waals surface area (Å²) in [4.78, 5) is 42.5. The summed E-state index contributed by atoms with van der Waals surface area (Å²) in [5.41, 5.74) is 14.5. The lowest BCUT2D eigenvalue weighted by molar-refractivity contribution is -0.375. The van der Waals surface area contributed by atoms with E-state index in [4.69, 9.17) is 107 Å². The van der Waals surface area contributed by atoms with Gasteiger partial charge in [-0.25, -0.2) is 0 Å². The molecule has 0 saturated carbocycles. The molecular weight excluding hydrogens is 1170 g/mol. The number of carbonyl (C=O) groups excluding carboxylic acids is 3. The van der Waals surface area contributed by atoms with Gasteiger partial charge in [-0.05, 0) is 40.3 Å². The zero-order chi connectivity index (χ0) is 60.3. The summed E-state index contributed by atoms with van der Waals surface area (Å²) in [6.45, 7) is 4.83. The maximum absolute atomic E-state index is 13.3. The number of rotatable bonds is 26. The molecule has 3 saturated heterocycles. The molecular formula is C61H67Cl3N4O17. The second-order valence-corrected chi connectivity index (χ2v) is 22.4. The van der Waals surface area contributed by atoms with Crippen LogP contribution in [0.3, 0.4) is 0 Å². The Bertz CT molecular complexity index is 2940. The summed E-state index contributed by atoms with van der Waals surface area (Å²) < 4.78 is 88.6. The molecule has 1 N–H and O–H groups in total. The minimum Gasteiger partial charge on any atom is -0.456 e. The van der Waals surface area contributed by atoms with Crippen LogP contribution in [0.25, 0.3) is 10.4 Å². The van der Waals surface area contributed by atoms with Crippen LogP contribution in [0.1, 0.15) is 55.5 Å². The van der Waals surface area contributed by atoms with Crippen LogP contribution in [0.4, 0.5) is 0 Å². The van der Waals surface area contributed by atoms with E-state index in [0.29, 0.717) is 0 Å². The van der Waals surface area contributed by atoms with Crippen molar-refractivity contribution in [2.24, 2.45) is 5.11 Å². The second-order valence-electron chi connectivity index (χ2n) is 20.1. The van der Waals surface area contributed by atoms with Crippen molar-refractivity contribution in [2.75, 3.05) is 13.2 Å². The van der Waals surface area contributed by atoms with Crippen molar-refractivity contribution in [3.8, 4) is 0 Å². The smallest absolute Gasteiger partial charge is 0.303 e. The number of hydrogen-bond donors (Lipinski definition) is 1. The average molecular weight is 1230 g/mol. The van der Waals surface area contributed by atoms with Crippen molar-refractivity contribution < 1.29 is 80.7 Å². The van der Waals surface area contributed by atoms with Gasteiger partial charge in [0.15, 0.2) is 30.9 Å². The van der Waals surface area contributed by atoms with E-state index in [1.165, 1.54) is 0 Å². The van der Waals surface area contributed by atoms with Gasteiger partial charge >= 0.3 is 17.9 Å². The van der Waals surface area contributed by atoms with Gasteiger partial charge in [-0.2, -0.15) is 0 Å². The Kier molecular flexibility index (Phi) is 24.3. The minimum atomic E-state index is -2.46. The molecule has 0 bridgehead atoms. The fourth-order valence-electron chi connectivity index (χ4n) is 9.93. The second kappa shape index (κ2) is 31.9. The van der Waals surface area contributed by atoms with E-state index in [-0.39, 0.29) is 46.2 Å². The molecule has 85 heavy (non-hydrogen) atoms. The molecule has 3 aliphatic heterocycles. The van der Waals surface area contributed by atoms with E-state index in [1.54, 1.807) is 6.92 Å². The first-order valence-electron chi connectivity index (χ1n) is 27.4. The maximum atomic E-state index is 13.3. The van der Waals surface area contributed by atoms with Gasteiger partial charge < -0.3 is 66.3 Å². The van der Waals surface area contributed by atoms with Crippen LogP contribution in [-0.2, 0) is 114 Å². The van der Waals surface area contributed by atoms with Gasteiger partial charge in [-0.1, -0.05) is 192 Å². The lowest BCUT2D eigenvalue weighted by Crippen LogP contribution is -2.68. The van der Waals surface area contributed by atoms with E-state index in [2.05, 4.69) is 10.0 Å². The summed E-state index contributed by atoms with van der Waals surface area (Å²) in [5, 5.41) is 12.9. The molecule has 21 nitrogen and oxygen atoms in total. The number of halogens is 3. The van der Waals surface area contributed by atoms with Gasteiger partial charge in [0, 0.05) is 25.7 Å². The summed E-state index contributed by atoms with van der Waals surface area (Å²) >= 11 is 18.7. The van der Waals surface area contributed by atoms with Crippen molar-refractivity contribution in [1.29, 1.82) is 5.41 Å². The molecule has 454 valence electrons. The Labute approximate surface area is 507 Å². The van der Waals surface area contributed by atoms with Crippen molar-refractivity contribution in [1.82, 2.24) is 0 Å². The van der Waals surface area contributed by atoms with Crippen LogP contribution in [0.15, 0.2) is 157 Å². The van der Waals surface area contributed by atoms with Crippen molar-refractivity contribution in [3.05, 3.63) is 190 Å². The molecule has 3 fully saturated rings. The van der Waals surface area contributed by atoms with Crippen LogP contribution >= 0.6 is 34.8 Å². The number of ether oxygens (including phenoxy) is 14. The largest absolute Gasteiger partial charge is 0.456 e. The summed E-state index contributed by atoms with van der Waals surface area (Å²) in [6, 6.07) is 45.1.